The fraction of sp³-hybridized carbons (Fsp3) is 0.417. The Labute approximate surface area is 110 Å². The number of benzene rings is 1. The number of rotatable bonds is 6. The summed E-state index contributed by atoms with van der Waals surface area (Å²) in [6.45, 7) is 3.36. The highest BCUT2D eigenvalue weighted by atomic mass is 79.9. The molecule has 1 aromatic rings. The molecule has 0 aromatic heterocycles. The predicted octanol–water partition coefficient (Wildman–Crippen LogP) is 3.21. The van der Waals surface area contributed by atoms with Crippen molar-refractivity contribution in [1.82, 2.24) is 5.32 Å². The summed E-state index contributed by atoms with van der Waals surface area (Å²) in [5, 5.41) is 3.72. The average Bonchev–Trinajstić information content (AvgIpc) is 2.23. The van der Waals surface area contributed by atoms with Gasteiger partial charge >= 0.3 is 0 Å². The molecule has 1 aromatic carbocycles. The minimum absolute atomic E-state index is 0.165. The third-order valence-electron chi connectivity index (χ3n) is 2.15. The van der Waals surface area contributed by atoms with Gasteiger partial charge in [0, 0.05) is 15.9 Å². The van der Waals surface area contributed by atoms with Gasteiger partial charge in [0.25, 0.3) is 0 Å². The van der Waals surface area contributed by atoms with E-state index in [0.717, 1.165) is 23.0 Å². The van der Waals surface area contributed by atoms with Crippen LogP contribution in [0.3, 0.4) is 0 Å². The molecular weight excluding hydrogens is 289 g/mol. The zero-order valence-electron chi connectivity index (χ0n) is 9.22. The SMILES string of the molecule is CCCNCC(=O)Cc1ccc(Br)cc1Cl. The normalized spacial score (nSPS) is 10.4. The second kappa shape index (κ2) is 7.05. The molecular formula is C12H15BrClNO. The number of hydrogen-bond donors (Lipinski definition) is 1. The third-order valence-corrected chi connectivity index (χ3v) is 3.00. The predicted molar refractivity (Wildman–Crippen MR) is 71.0 cm³/mol. The summed E-state index contributed by atoms with van der Waals surface area (Å²) in [6, 6.07) is 5.59. The molecule has 16 heavy (non-hydrogen) atoms. The van der Waals surface area contributed by atoms with E-state index in [0.29, 0.717) is 18.0 Å². The summed E-state index contributed by atoms with van der Waals surface area (Å²) in [5.41, 5.74) is 0.883. The minimum atomic E-state index is 0.165. The lowest BCUT2D eigenvalue weighted by atomic mass is 10.1. The molecule has 2 nitrogen and oxygen atoms in total. The van der Waals surface area contributed by atoms with E-state index in [-0.39, 0.29) is 5.78 Å². The van der Waals surface area contributed by atoms with Crippen molar-refractivity contribution >= 4 is 33.3 Å². The molecule has 0 aliphatic carbocycles. The molecule has 0 unspecified atom stereocenters. The topological polar surface area (TPSA) is 29.1 Å². The summed E-state index contributed by atoms with van der Waals surface area (Å²) >= 11 is 9.36. The standard InChI is InChI=1S/C12H15BrClNO/c1-2-5-15-8-11(16)6-9-3-4-10(13)7-12(9)14/h3-4,7,15H,2,5-6,8H2,1H3. The van der Waals surface area contributed by atoms with E-state index in [1.54, 1.807) is 0 Å². The van der Waals surface area contributed by atoms with Crippen LogP contribution in [0.15, 0.2) is 22.7 Å². The second-order valence-corrected chi connectivity index (χ2v) is 4.95. The summed E-state index contributed by atoms with van der Waals surface area (Å²) in [7, 11) is 0. The first-order valence-corrected chi connectivity index (χ1v) is 6.47. The fourth-order valence-electron chi connectivity index (χ4n) is 1.34. The highest BCUT2D eigenvalue weighted by molar-refractivity contribution is 9.10. The third kappa shape index (κ3) is 4.64. The van der Waals surface area contributed by atoms with Crippen LogP contribution in [0.2, 0.25) is 5.02 Å². The zero-order chi connectivity index (χ0) is 12.0. The van der Waals surface area contributed by atoms with Gasteiger partial charge in [-0.05, 0) is 30.7 Å². The van der Waals surface area contributed by atoms with Crippen molar-refractivity contribution in [2.75, 3.05) is 13.1 Å². The number of Topliss-reactive ketones (excluding diaryl/α,β-unsaturated/α-hetero) is 1. The lowest BCUT2D eigenvalue weighted by molar-refractivity contribution is -0.117. The summed E-state index contributed by atoms with van der Waals surface area (Å²) in [5.74, 6) is 0.165. The van der Waals surface area contributed by atoms with Crippen LogP contribution in [0, 0.1) is 0 Å². The molecule has 0 spiro atoms. The Bertz CT molecular complexity index is 368. The maximum absolute atomic E-state index is 11.6. The van der Waals surface area contributed by atoms with Crippen molar-refractivity contribution in [1.29, 1.82) is 0 Å². The number of hydrogen-bond acceptors (Lipinski definition) is 2. The molecule has 0 amide bonds. The van der Waals surface area contributed by atoms with E-state index < -0.39 is 0 Å². The van der Waals surface area contributed by atoms with Gasteiger partial charge in [-0.1, -0.05) is 40.5 Å². The van der Waals surface area contributed by atoms with Gasteiger partial charge in [0.2, 0.25) is 0 Å². The quantitative estimate of drug-likeness (QED) is 0.818. The molecule has 4 heteroatoms. The molecule has 0 heterocycles. The van der Waals surface area contributed by atoms with Crippen LogP contribution < -0.4 is 5.32 Å². The number of carbonyl (C=O) groups excluding carboxylic acids is 1. The van der Waals surface area contributed by atoms with Crippen LogP contribution in [0.4, 0.5) is 0 Å². The Hall–Kier alpha value is -0.380. The van der Waals surface area contributed by atoms with Gasteiger partial charge in [-0.3, -0.25) is 4.79 Å². The van der Waals surface area contributed by atoms with Crippen LogP contribution >= 0.6 is 27.5 Å². The van der Waals surface area contributed by atoms with Crippen LogP contribution in [0.25, 0.3) is 0 Å². The van der Waals surface area contributed by atoms with E-state index >= 15 is 0 Å². The molecule has 88 valence electrons. The van der Waals surface area contributed by atoms with E-state index in [1.807, 2.05) is 18.2 Å². The lowest BCUT2D eigenvalue weighted by Gasteiger charge is -2.05. The minimum Gasteiger partial charge on any atom is -0.310 e. The van der Waals surface area contributed by atoms with Gasteiger partial charge in [-0.25, -0.2) is 0 Å². The number of nitrogens with one attached hydrogen (secondary N) is 1. The highest BCUT2D eigenvalue weighted by Gasteiger charge is 2.06. The van der Waals surface area contributed by atoms with E-state index in [9.17, 15) is 4.79 Å². The average molecular weight is 305 g/mol. The molecule has 0 radical (unpaired) electrons. The van der Waals surface area contributed by atoms with Gasteiger partial charge in [0.05, 0.1) is 6.54 Å². The van der Waals surface area contributed by atoms with Gasteiger partial charge in [-0.15, -0.1) is 0 Å². The summed E-state index contributed by atoms with van der Waals surface area (Å²) in [4.78, 5) is 11.6. The smallest absolute Gasteiger partial charge is 0.151 e. The molecule has 0 bridgehead atoms. The molecule has 0 saturated carbocycles. The highest BCUT2D eigenvalue weighted by Crippen LogP contribution is 2.21. The molecule has 0 aliphatic rings. The van der Waals surface area contributed by atoms with Crippen molar-refractivity contribution in [2.24, 2.45) is 0 Å². The van der Waals surface area contributed by atoms with E-state index in [2.05, 4.69) is 28.2 Å². The Kier molecular flexibility index (Phi) is 6.03. The maximum Gasteiger partial charge on any atom is 0.151 e. The Morgan fingerprint density at radius 1 is 1.50 bits per heavy atom. The summed E-state index contributed by atoms with van der Waals surface area (Å²) in [6.07, 6.45) is 1.43. The van der Waals surface area contributed by atoms with E-state index in [4.69, 9.17) is 11.6 Å². The van der Waals surface area contributed by atoms with Crippen LogP contribution in [0.1, 0.15) is 18.9 Å². The zero-order valence-corrected chi connectivity index (χ0v) is 11.6. The molecule has 1 N–H and O–H groups in total. The Morgan fingerprint density at radius 2 is 2.25 bits per heavy atom. The van der Waals surface area contributed by atoms with Gasteiger partial charge in [0.15, 0.2) is 5.78 Å². The lowest BCUT2D eigenvalue weighted by Crippen LogP contribution is -2.24. The Morgan fingerprint density at radius 3 is 2.88 bits per heavy atom. The van der Waals surface area contributed by atoms with Crippen LogP contribution in [-0.4, -0.2) is 18.9 Å². The first kappa shape index (κ1) is 13.7. The van der Waals surface area contributed by atoms with Crippen molar-refractivity contribution < 1.29 is 4.79 Å². The number of halogens is 2. The molecule has 0 saturated heterocycles. The van der Waals surface area contributed by atoms with Gasteiger partial charge < -0.3 is 5.32 Å². The van der Waals surface area contributed by atoms with Crippen LogP contribution in [-0.2, 0) is 11.2 Å². The van der Waals surface area contributed by atoms with Crippen molar-refractivity contribution in [3.8, 4) is 0 Å². The first-order chi connectivity index (χ1) is 7.63. The first-order valence-electron chi connectivity index (χ1n) is 5.29. The monoisotopic (exact) mass is 303 g/mol. The van der Waals surface area contributed by atoms with Gasteiger partial charge in [-0.2, -0.15) is 0 Å². The second-order valence-electron chi connectivity index (χ2n) is 3.63. The Balaban J connectivity index is 2.49. The van der Waals surface area contributed by atoms with Gasteiger partial charge in [0.1, 0.15) is 0 Å². The molecule has 0 atom stereocenters. The number of carbonyl (C=O) groups is 1. The van der Waals surface area contributed by atoms with Crippen molar-refractivity contribution in [3.05, 3.63) is 33.3 Å². The van der Waals surface area contributed by atoms with Crippen molar-refractivity contribution in [2.45, 2.75) is 19.8 Å². The van der Waals surface area contributed by atoms with Crippen LogP contribution in [0.5, 0.6) is 0 Å². The fourth-order valence-corrected chi connectivity index (χ4v) is 2.08. The maximum atomic E-state index is 11.6. The largest absolute Gasteiger partial charge is 0.310 e. The molecule has 0 aliphatic heterocycles. The van der Waals surface area contributed by atoms with Crippen molar-refractivity contribution in [3.63, 3.8) is 0 Å². The van der Waals surface area contributed by atoms with E-state index in [1.165, 1.54) is 0 Å². The molecule has 1 rings (SSSR count). The number of ketones is 1. The molecule has 0 fully saturated rings. The summed E-state index contributed by atoms with van der Waals surface area (Å²) < 4.78 is 0.929.